The zero-order valence-corrected chi connectivity index (χ0v) is 14.8. The monoisotopic (exact) mass is 408 g/mol. The van der Waals surface area contributed by atoms with E-state index in [0.29, 0.717) is 17.4 Å². The first-order valence-corrected chi connectivity index (χ1v) is 8.24. The number of hydrogen-bond acceptors (Lipinski definition) is 7. The summed E-state index contributed by atoms with van der Waals surface area (Å²) in [5.74, 6) is -3.38. The average Bonchev–Trinajstić information content (AvgIpc) is 2.69. The number of halogens is 2. The number of ether oxygens (including phenoxy) is 3. The van der Waals surface area contributed by atoms with E-state index in [1.165, 1.54) is 12.1 Å². The van der Waals surface area contributed by atoms with Crippen molar-refractivity contribution in [1.29, 1.82) is 0 Å². The Morgan fingerprint density at radius 3 is 2.76 bits per heavy atom. The summed E-state index contributed by atoms with van der Waals surface area (Å²) in [4.78, 5) is 34.2. The Hall–Kier alpha value is -3.60. The van der Waals surface area contributed by atoms with Gasteiger partial charge < -0.3 is 19.5 Å². The molecular formula is C18H14F2N2O7. The second-order valence-electron chi connectivity index (χ2n) is 5.93. The number of hydrogen-bond donors (Lipinski definition) is 1. The quantitative estimate of drug-likeness (QED) is 0.442. The van der Waals surface area contributed by atoms with Crippen LogP contribution in [0.5, 0.6) is 5.75 Å². The van der Waals surface area contributed by atoms with Crippen LogP contribution < -0.4 is 10.1 Å². The maximum atomic E-state index is 13.6. The predicted octanol–water partition coefficient (Wildman–Crippen LogP) is 2.21. The third-order valence-corrected chi connectivity index (χ3v) is 3.94. The van der Waals surface area contributed by atoms with E-state index in [0.717, 1.165) is 12.1 Å². The van der Waals surface area contributed by atoms with Crippen molar-refractivity contribution in [1.82, 2.24) is 5.32 Å². The number of benzene rings is 2. The molecule has 29 heavy (non-hydrogen) atoms. The van der Waals surface area contributed by atoms with Crippen LogP contribution >= 0.6 is 0 Å². The number of nitro groups is 1. The highest BCUT2D eigenvalue weighted by Gasteiger charge is 2.22. The van der Waals surface area contributed by atoms with E-state index in [1.807, 2.05) is 0 Å². The van der Waals surface area contributed by atoms with Crippen LogP contribution in [0.1, 0.15) is 21.5 Å². The maximum Gasteiger partial charge on any atom is 0.325 e. The number of nitro benzene ring substituents is 1. The van der Waals surface area contributed by atoms with Gasteiger partial charge in [0.15, 0.2) is 6.79 Å². The van der Waals surface area contributed by atoms with Crippen LogP contribution in [0.2, 0.25) is 0 Å². The van der Waals surface area contributed by atoms with Gasteiger partial charge in [0.1, 0.15) is 30.5 Å². The molecule has 152 valence electrons. The Bertz CT molecular complexity index is 981. The fourth-order valence-corrected chi connectivity index (χ4v) is 2.62. The van der Waals surface area contributed by atoms with Gasteiger partial charge in [0.2, 0.25) is 0 Å². The van der Waals surface area contributed by atoms with Crippen molar-refractivity contribution in [2.24, 2.45) is 0 Å². The lowest BCUT2D eigenvalue weighted by Crippen LogP contribution is -2.31. The van der Waals surface area contributed by atoms with Crippen LogP contribution in [0.4, 0.5) is 14.5 Å². The van der Waals surface area contributed by atoms with Gasteiger partial charge in [-0.3, -0.25) is 19.7 Å². The fourth-order valence-electron chi connectivity index (χ4n) is 2.62. The summed E-state index contributed by atoms with van der Waals surface area (Å²) in [6, 6.07) is 4.91. The lowest BCUT2D eigenvalue weighted by Gasteiger charge is -2.20. The van der Waals surface area contributed by atoms with Crippen molar-refractivity contribution in [3.05, 3.63) is 68.8 Å². The first kappa shape index (κ1) is 20.1. The van der Waals surface area contributed by atoms with Crippen molar-refractivity contribution in [2.45, 2.75) is 13.2 Å². The summed E-state index contributed by atoms with van der Waals surface area (Å²) >= 11 is 0. The van der Waals surface area contributed by atoms with Crippen LogP contribution in [0.25, 0.3) is 0 Å². The van der Waals surface area contributed by atoms with Crippen LogP contribution in [-0.2, 0) is 27.5 Å². The van der Waals surface area contributed by atoms with E-state index in [2.05, 4.69) is 5.32 Å². The minimum Gasteiger partial charge on any atom is -0.467 e. The second kappa shape index (κ2) is 8.61. The molecule has 0 fully saturated rings. The van der Waals surface area contributed by atoms with Crippen molar-refractivity contribution in [2.75, 3.05) is 13.3 Å². The molecule has 0 unspecified atom stereocenters. The van der Waals surface area contributed by atoms with Gasteiger partial charge in [-0.2, -0.15) is 0 Å². The van der Waals surface area contributed by atoms with E-state index in [9.17, 15) is 28.5 Å². The molecule has 9 nitrogen and oxygen atoms in total. The molecule has 0 bridgehead atoms. The molecule has 0 atom stereocenters. The largest absolute Gasteiger partial charge is 0.467 e. The van der Waals surface area contributed by atoms with Crippen LogP contribution in [0.15, 0.2) is 30.3 Å². The van der Waals surface area contributed by atoms with Gasteiger partial charge in [-0.05, 0) is 12.1 Å². The molecule has 0 spiro atoms. The van der Waals surface area contributed by atoms with Crippen molar-refractivity contribution in [3.63, 3.8) is 0 Å². The highest BCUT2D eigenvalue weighted by Crippen LogP contribution is 2.33. The van der Waals surface area contributed by atoms with Crippen LogP contribution in [-0.4, -0.2) is 30.1 Å². The number of nitrogens with one attached hydrogen (secondary N) is 1. The highest BCUT2D eigenvalue weighted by molar-refractivity contribution is 5.96. The third kappa shape index (κ3) is 4.82. The van der Waals surface area contributed by atoms with Gasteiger partial charge in [-0.25, -0.2) is 8.78 Å². The number of fused-ring (bicyclic) bond motifs is 1. The van der Waals surface area contributed by atoms with Crippen LogP contribution in [0, 0.1) is 21.7 Å². The van der Waals surface area contributed by atoms with Crippen LogP contribution in [0.3, 0.4) is 0 Å². The molecule has 3 rings (SSSR count). The van der Waals surface area contributed by atoms with E-state index in [1.54, 1.807) is 0 Å². The number of amides is 1. The summed E-state index contributed by atoms with van der Waals surface area (Å²) in [6.07, 6.45) is 0. The smallest absolute Gasteiger partial charge is 0.325 e. The number of nitrogens with zero attached hydrogens (tertiary/aromatic N) is 1. The Morgan fingerprint density at radius 2 is 2.03 bits per heavy atom. The first-order chi connectivity index (χ1) is 13.8. The van der Waals surface area contributed by atoms with E-state index in [-0.39, 0.29) is 31.3 Å². The maximum absolute atomic E-state index is 13.6. The number of non-ortho nitro benzene ring substituents is 1. The molecule has 1 aliphatic heterocycles. The molecule has 0 saturated carbocycles. The Kier molecular flexibility index (Phi) is 5.98. The lowest BCUT2D eigenvalue weighted by atomic mass is 10.1. The molecule has 11 heteroatoms. The van der Waals surface area contributed by atoms with Crippen molar-refractivity contribution >= 4 is 17.6 Å². The lowest BCUT2D eigenvalue weighted by molar-refractivity contribution is -0.385. The zero-order chi connectivity index (χ0) is 21.0. The third-order valence-electron chi connectivity index (χ3n) is 3.94. The minimum atomic E-state index is -1.07. The Morgan fingerprint density at radius 1 is 1.24 bits per heavy atom. The molecule has 2 aromatic carbocycles. The van der Waals surface area contributed by atoms with E-state index >= 15 is 0 Å². The summed E-state index contributed by atoms with van der Waals surface area (Å²) in [5, 5.41) is 13.2. The molecule has 1 N–H and O–H groups in total. The van der Waals surface area contributed by atoms with Gasteiger partial charge >= 0.3 is 5.97 Å². The van der Waals surface area contributed by atoms with E-state index in [4.69, 9.17) is 14.2 Å². The highest BCUT2D eigenvalue weighted by atomic mass is 19.1. The minimum absolute atomic E-state index is 0.0505. The summed E-state index contributed by atoms with van der Waals surface area (Å²) < 4.78 is 41.9. The van der Waals surface area contributed by atoms with Gasteiger partial charge in [0.25, 0.3) is 11.6 Å². The molecule has 2 aromatic rings. The number of carbonyl (C=O) groups is 2. The summed E-state index contributed by atoms with van der Waals surface area (Å²) in [7, 11) is 0. The Balaban J connectivity index is 1.61. The van der Waals surface area contributed by atoms with Gasteiger partial charge in [-0.15, -0.1) is 0 Å². The molecule has 0 aliphatic carbocycles. The normalized spacial score (nSPS) is 12.5. The summed E-state index contributed by atoms with van der Waals surface area (Å²) in [5.41, 5.74) is 0.0580. The van der Waals surface area contributed by atoms with Gasteiger partial charge in [0.05, 0.1) is 17.1 Å². The van der Waals surface area contributed by atoms with Gasteiger partial charge in [0, 0.05) is 29.3 Å². The summed E-state index contributed by atoms with van der Waals surface area (Å²) in [6.45, 7) is -0.872. The topological polar surface area (TPSA) is 117 Å². The SMILES string of the molecule is O=C(CNC(=O)c1ccc(F)cc1F)OCc1cc([N+](=O)[O-])cc2c1OCOC2. The molecule has 1 heterocycles. The molecular weight excluding hydrogens is 394 g/mol. The average molecular weight is 408 g/mol. The number of carbonyl (C=O) groups excluding carboxylic acids is 2. The second-order valence-corrected chi connectivity index (χ2v) is 5.93. The predicted molar refractivity (Wildman–Crippen MR) is 91.9 cm³/mol. The molecule has 1 aliphatic rings. The molecule has 1 amide bonds. The van der Waals surface area contributed by atoms with Crippen molar-refractivity contribution < 1.29 is 37.5 Å². The standard InChI is InChI=1S/C18H14F2N2O7/c19-12-1-2-14(15(20)5-12)18(24)21-6-16(23)28-8-11-4-13(22(25)26)3-10-7-27-9-29-17(10)11/h1-5H,6-9H2,(H,21,24). The number of esters is 1. The molecule has 0 aromatic heterocycles. The molecule has 0 saturated heterocycles. The van der Waals surface area contributed by atoms with Crippen molar-refractivity contribution in [3.8, 4) is 5.75 Å². The molecule has 0 radical (unpaired) electrons. The number of rotatable bonds is 6. The van der Waals surface area contributed by atoms with E-state index < -0.39 is 40.5 Å². The fraction of sp³-hybridized carbons (Fsp3) is 0.222. The Labute approximate surface area is 162 Å². The van der Waals surface area contributed by atoms with Gasteiger partial charge in [-0.1, -0.05) is 0 Å². The first-order valence-electron chi connectivity index (χ1n) is 8.24. The zero-order valence-electron chi connectivity index (χ0n) is 14.8.